The van der Waals surface area contributed by atoms with Gasteiger partial charge in [0, 0.05) is 29.2 Å². The minimum Gasteiger partial charge on any atom is -0.352 e. The molecule has 0 saturated carbocycles. The number of hydrogen-bond donors (Lipinski definition) is 1. The smallest absolute Gasteiger partial charge is 0.219 e. The van der Waals surface area contributed by atoms with E-state index in [1.807, 2.05) is 6.07 Å². The van der Waals surface area contributed by atoms with E-state index < -0.39 is 0 Å². The third kappa shape index (κ3) is 3.43. The highest BCUT2D eigenvalue weighted by Crippen LogP contribution is 2.19. The molecular weight excluding hydrogens is 258 g/mol. The van der Waals surface area contributed by atoms with Crippen LogP contribution in [0.15, 0.2) is 21.7 Å². The molecule has 0 atom stereocenters. The third-order valence-corrected chi connectivity index (χ3v) is 2.29. The van der Waals surface area contributed by atoms with Gasteiger partial charge in [-0.15, -0.1) is 0 Å². The van der Waals surface area contributed by atoms with Crippen LogP contribution in [0, 0.1) is 0 Å². The summed E-state index contributed by atoms with van der Waals surface area (Å²) in [4.78, 5) is 18.9. The number of nitrogens with zero attached hydrogens (tertiary/aromatic N) is 2. The average molecular weight is 270 g/mol. The van der Waals surface area contributed by atoms with E-state index in [1.165, 1.54) is 0 Å². The number of aromatic nitrogens is 1. The average Bonchev–Trinajstić information content (AvgIpc) is 2.26. The number of carbonyl (C=O) groups excluding carboxylic acids is 1. The van der Waals surface area contributed by atoms with Crippen molar-refractivity contribution in [3.8, 4) is 0 Å². The Kier molecular flexibility index (Phi) is 4.42. The Morgan fingerprint density at radius 3 is 3.07 bits per heavy atom. The van der Waals surface area contributed by atoms with Gasteiger partial charge in [-0.25, -0.2) is 9.98 Å². The molecule has 0 unspecified atom stereocenters. The highest BCUT2D eigenvalue weighted by Gasteiger charge is 2.04. The number of hydrogen-bond acceptors (Lipinski definition) is 3. The van der Waals surface area contributed by atoms with Crippen LogP contribution >= 0.6 is 15.9 Å². The van der Waals surface area contributed by atoms with Gasteiger partial charge in [-0.3, -0.25) is 4.79 Å². The molecule has 15 heavy (non-hydrogen) atoms. The first-order valence-corrected chi connectivity index (χ1v) is 5.34. The lowest BCUT2D eigenvalue weighted by Crippen LogP contribution is -2.21. The summed E-state index contributed by atoms with van der Waals surface area (Å²) in [5, 5.41) is 2.76. The van der Waals surface area contributed by atoms with Crippen LogP contribution in [0.2, 0.25) is 0 Å². The van der Waals surface area contributed by atoms with Crippen molar-refractivity contribution in [2.24, 2.45) is 4.99 Å². The summed E-state index contributed by atoms with van der Waals surface area (Å²) in [5.41, 5.74) is 0.848. The van der Waals surface area contributed by atoms with Gasteiger partial charge in [0.25, 0.3) is 0 Å². The molecule has 1 aromatic heterocycles. The summed E-state index contributed by atoms with van der Waals surface area (Å²) in [6.45, 7) is 5.66. The predicted octanol–water partition coefficient (Wildman–Crippen LogP) is 2.20. The van der Waals surface area contributed by atoms with E-state index in [4.69, 9.17) is 0 Å². The molecule has 0 fully saturated rings. The van der Waals surface area contributed by atoms with Crippen LogP contribution in [-0.4, -0.2) is 17.6 Å². The Hall–Kier alpha value is -1.23. The summed E-state index contributed by atoms with van der Waals surface area (Å²) in [5.74, 6) is 0.555. The molecule has 0 bridgehead atoms. The van der Waals surface area contributed by atoms with Crippen LogP contribution in [0.5, 0.6) is 0 Å². The monoisotopic (exact) mass is 269 g/mol. The standard InChI is InChI=1S/C10H12BrN3O/c1-3-9(15)13-5-7-4-8(11)6-14-10(7)12-2/h4,6H,2-3,5H2,1H3,(H,13,15). The highest BCUT2D eigenvalue weighted by atomic mass is 79.9. The fourth-order valence-corrected chi connectivity index (χ4v) is 1.44. The minimum atomic E-state index is 0.00462. The van der Waals surface area contributed by atoms with E-state index in [0.29, 0.717) is 18.8 Å². The van der Waals surface area contributed by atoms with Crippen molar-refractivity contribution in [3.63, 3.8) is 0 Å². The van der Waals surface area contributed by atoms with Crippen molar-refractivity contribution in [1.82, 2.24) is 10.3 Å². The van der Waals surface area contributed by atoms with Crippen molar-refractivity contribution in [2.75, 3.05) is 0 Å². The van der Waals surface area contributed by atoms with E-state index in [1.54, 1.807) is 13.1 Å². The molecule has 1 heterocycles. The Balaban J connectivity index is 2.78. The zero-order valence-electron chi connectivity index (χ0n) is 8.46. The summed E-state index contributed by atoms with van der Waals surface area (Å²) in [6, 6.07) is 1.87. The van der Waals surface area contributed by atoms with E-state index in [2.05, 4.69) is 37.9 Å². The van der Waals surface area contributed by atoms with Crippen LogP contribution in [0.4, 0.5) is 5.82 Å². The predicted molar refractivity (Wildman–Crippen MR) is 63.3 cm³/mol. The minimum absolute atomic E-state index is 0.00462. The summed E-state index contributed by atoms with van der Waals surface area (Å²) in [6.07, 6.45) is 2.12. The van der Waals surface area contributed by atoms with Gasteiger partial charge < -0.3 is 5.32 Å². The Morgan fingerprint density at radius 2 is 2.47 bits per heavy atom. The van der Waals surface area contributed by atoms with Gasteiger partial charge in [0.15, 0.2) is 5.82 Å². The molecule has 5 heteroatoms. The van der Waals surface area contributed by atoms with Crippen LogP contribution in [-0.2, 0) is 11.3 Å². The molecule has 80 valence electrons. The number of nitrogens with one attached hydrogen (secondary N) is 1. The fraction of sp³-hybridized carbons (Fsp3) is 0.300. The summed E-state index contributed by atoms with van der Waals surface area (Å²) >= 11 is 3.31. The molecule has 1 N–H and O–H groups in total. The zero-order chi connectivity index (χ0) is 11.3. The second kappa shape index (κ2) is 5.60. The van der Waals surface area contributed by atoms with Gasteiger partial charge >= 0.3 is 0 Å². The molecule has 0 aliphatic carbocycles. The second-order valence-electron chi connectivity index (χ2n) is 2.92. The van der Waals surface area contributed by atoms with Gasteiger partial charge in [0.05, 0.1) is 0 Å². The van der Waals surface area contributed by atoms with Crippen LogP contribution < -0.4 is 5.32 Å². The number of pyridine rings is 1. The topological polar surface area (TPSA) is 54.4 Å². The highest BCUT2D eigenvalue weighted by molar-refractivity contribution is 9.10. The van der Waals surface area contributed by atoms with Crippen molar-refractivity contribution in [3.05, 3.63) is 22.3 Å². The maximum Gasteiger partial charge on any atom is 0.219 e. The van der Waals surface area contributed by atoms with Gasteiger partial charge in [-0.1, -0.05) is 6.92 Å². The Morgan fingerprint density at radius 1 is 1.73 bits per heavy atom. The van der Waals surface area contributed by atoms with Crippen LogP contribution in [0.25, 0.3) is 0 Å². The van der Waals surface area contributed by atoms with Gasteiger partial charge in [-0.05, 0) is 28.7 Å². The molecule has 1 aromatic rings. The lowest BCUT2D eigenvalue weighted by atomic mass is 10.2. The second-order valence-corrected chi connectivity index (χ2v) is 3.84. The number of rotatable bonds is 4. The van der Waals surface area contributed by atoms with Crippen molar-refractivity contribution < 1.29 is 4.79 Å². The molecule has 1 rings (SSSR count). The fourth-order valence-electron chi connectivity index (χ4n) is 1.07. The molecule has 0 radical (unpaired) electrons. The Labute approximate surface area is 97.0 Å². The molecule has 0 aliphatic rings. The maximum atomic E-state index is 11.1. The molecule has 0 spiro atoms. The lowest BCUT2D eigenvalue weighted by molar-refractivity contribution is -0.120. The first kappa shape index (κ1) is 11.8. The first-order chi connectivity index (χ1) is 7.17. The molecule has 4 nitrogen and oxygen atoms in total. The SMILES string of the molecule is C=Nc1ncc(Br)cc1CNC(=O)CC. The van der Waals surface area contributed by atoms with Crippen molar-refractivity contribution in [1.29, 1.82) is 0 Å². The molecule has 1 amide bonds. The number of amides is 1. The van der Waals surface area contributed by atoms with E-state index >= 15 is 0 Å². The van der Waals surface area contributed by atoms with E-state index in [-0.39, 0.29) is 5.91 Å². The first-order valence-electron chi connectivity index (χ1n) is 4.55. The number of halogens is 1. The lowest BCUT2D eigenvalue weighted by Gasteiger charge is -2.06. The molecule has 0 saturated heterocycles. The van der Waals surface area contributed by atoms with Crippen LogP contribution in [0.3, 0.4) is 0 Å². The largest absolute Gasteiger partial charge is 0.352 e. The summed E-state index contributed by atoms with van der Waals surface area (Å²) in [7, 11) is 0. The van der Waals surface area contributed by atoms with Gasteiger partial charge in [0.1, 0.15) is 0 Å². The third-order valence-electron chi connectivity index (χ3n) is 1.86. The molecule has 0 aliphatic heterocycles. The maximum absolute atomic E-state index is 11.1. The zero-order valence-corrected chi connectivity index (χ0v) is 10.0. The Bertz CT molecular complexity index is 379. The number of aliphatic imine (C=N–C) groups is 1. The number of carbonyl (C=O) groups is 1. The van der Waals surface area contributed by atoms with Crippen molar-refractivity contribution in [2.45, 2.75) is 19.9 Å². The summed E-state index contributed by atoms with van der Waals surface area (Å²) < 4.78 is 0.857. The normalized spacial score (nSPS) is 9.73. The molecular formula is C10H12BrN3O. The quantitative estimate of drug-likeness (QED) is 0.853. The molecule has 0 aromatic carbocycles. The van der Waals surface area contributed by atoms with E-state index in [0.717, 1.165) is 10.0 Å². The van der Waals surface area contributed by atoms with Crippen LogP contribution in [0.1, 0.15) is 18.9 Å². The van der Waals surface area contributed by atoms with Gasteiger partial charge in [0.2, 0.25) is 5.91 Å². The van der Waals surface area contributed by atoms with Gasteiger partial charge in [-0.2, -0.15) is 0 Å². The van der Waals surface area contributed by atoms with E-state index in [9.17, 15) is 4.79 Å². The van der Waals surface area contributed by atoms with Crippen molar-refractivity contribution >= 4 is 34.4 Å².